The summed E-state index contributed by atoms with van der Waals surface area (Å²) in [5.74, 6) is 0.441. The molecule has 1 aromatic carbocycles. The second-order valence-electron chi connectivity index (χ2n) is 7.21. The lowest BCUT2D eigenvalue weighted by Gasteiger charge is -2.12. The molecule has 0 aliphatic heterocycles. The number of nitrogens with zero attached hydrogens (tertiary/aromatic N) is 4. The number of rotatable bonds is 5. The van der Waals surface area contributed by atoms with Gasteiger partial charge in [0.2, 0.25) is 0 Å². The zero-order valence-electron chi connectivity index (χ0n) is 16.7. The molecule has 0 fully saturated rings. The molecule has 0 N–H and O–H groups in total. The number of pyridine rings is 1. The molecule has 0 spiro atoms. The largest absolute Gasteiger partial charge is 0.282 e. The van der Waals surface area contributed by atoms with Crippen molar-refractivity contribution >= 4 is 39.0 Å². The van der Waals surface area contributed by atoms with E-state index in [9.17, 15) is 9.59 Å². The van der Waals surface area contributed by atoms with E-state index in [1.54, 1.807) is 22.9 Å². The molecule has 0 saturated carbocycles. The first-order chi connectivity index (χ1) is 15.1. The van der Waals surface area contributed by atoms with Crippen LogP contribution in [0.1, 0.15) is 16.8 Å². The minimum Gasteiger partial charge on any atom is -0.282 e. The standard InChI is InChI=1S/C23H18N4O2S2/c1-15-5-7-16(8-6-15)13-27-22(29)21-18(9-11-30-21)25-23(27)31-14-17-12-20(28)26-10-3-2-4-19(26)24-17/h2-12H,13-14H2,1H3. The average molecular weight is 447 g/mol. The number of benzene rings is 1. The molecule has 8 heteroatoms. The first kappa shape index (κ1) is 19.7. The second kappa shape index (κ2) is 8.13. The third kappa shape index (κ3) is 3.92. The van der Waals surface area contributed by atoms with Crippen LogP contribution in [0.15, 0.2) is 80.9 Å². The van der Waals surface area contributed by atoms with E-state index < -0.39 is 0 Å². The number of fused-ring (bicyclic) bond motifs is 2. The first-order valence-corrected chi connectivity index (χ1v) is 11.6. The summed E-state index contributed by atoms with van der Waals surface area (Å²) in [6, 6.07) is 17.0. The monoisotopic (exact) mass is 446 g/mol. The van der Waals surface area contributed by atoms with Crippen LogP contribution in [0.5, 0.6) is 0 Å². The van der Waals surface area contributed by atoms with Crippen molar-refractivity contribution in [1.82, 2.24) is 18.9 Å². The van der Waals surface area contributed by atoms with Crippen LogP contribution in [-0.2, 0) is 12.3 Å². The van der Waals surface area contributed by atoms with Crippen molar-refractivity contribution in [2.45, 2.75) is 24.4 Å². The molecule has 154 valence electrons. The number of aryl methyl sites for hydroxylation is 1. The predicted octanol–water partition coefficient (Wildman–Crippen LogP) is 4.11. The molecular formula is C23H18N4O2S2. The molecule has 0 amide bonds. The van der Waals surface area contributed by atoms with Gasteiger partial charge in [-0.2, -0.15) is 0 Å². The summed E-state index contributed by atoms with van der Waals surface area (Å²) in [7, 11) is 0. The van der Waals surface area contributed by atoms with Crippen LogP contribution < -0.4 is 11.1 Å². The Bertz CT molecular complexity index is 1520. The fraction of sp³-hybridized carbons (Fsp3) is 0.130. The summed E-state index contributed by atoms with van der Waals surface area (Å²) in [5.41, 5.74) is 3.99. The molecule has 0 radical (unpaired) electrons. The quantitative estimate of drug-likeness (QED) is 0.300. The van der Waals surface area contributed by atoms with Crippen molar-refractivity contribution in [3.63, 3.8) is 0 Å². The Kier molecular flexibility index (Phi) is 5.17. The molecule has 0 bridgehead atoms. The third-order valence-electron chi connectivity index (χ3n) is 4.97. The van der Waals surface area contributed by atoms with E-state index in [-0.39, 0.29) is 11.1 Å². The van der Waals surface area contributed by atoms with Crippen molar-refractivity contribution in [3.05, 3.63) is 104 Å². The highest BCUT2D eigenvalue weighted by Crippen LogP contribution is 2.24. The van der Waals surface area contributed by atoms with Crippen molar-refractivity contribution in [2.24, 2.45) is 0 Å². The van der Waals surface area contributed by atoms with Gasteiger partial charge in [-0.25, -0.2) is 9.97 Å². The second-order valence-corrected chi connectivity index (χ2v) is 9.07. The average Bonchev–Trinajstić information content (AvgIpc) is 3.25. The van der Waals surface area contributed by atoms with Gasteiger partial charge >= 0.3 is 0 Å². The smallest absolute Gasteiger partial charge is 0.272 e. The maximum atomic E-state index is 13.2. The lowest BCUT2D eigenvalue weighted by Crippen LogP contribution is -2.23. The number of hydrogen-bond acceptors (Lipinski definition) is 6. The maximum Gasteiger partial charge on any atom is 0.272 e. The number of aromatic nitrogens is 4. The van der Waals surface area contributed by atoms with Crippen molar-refractivity contribution in [2.75, 3.05) is 0 Å². The Morgan fingerprint density at radius 1 is 1.03 bits per heavy atom. The molecule has 0 unspecified atom stereocenters. The fourth-order valence-corrected chi connectivity index (χ4v) is 5.03. The minimum atomic E-state index is -0.125. The topological polar surface area (TPSA) is 69.3 Å². The van der Waals surface area contributed by atoms with Gasteiger partial charge in [-0.3, -0.25) is 18.6 Å². The summed E-state index contributed by atoms with van der Waals surface area (Å²) in [6.45, 7) is 2.48. The van der Waals surface area contributed by atoms with Gasteiger partial charge in [0, 0.05) is 18.0 Å². The summed E-state index contributed by atoms with van der Waals surface area (Å²) in [5, 5.41) is 2.50. The van der Waals surface area contributed by atoms with E-state index in [1.165, 1.54) is 39.1 Å². The van der Waals surface area contributed by atoms with Crippen LogP contribution in [0.4, 0.5) is 0 Å². The van der Waals surface area contributed by atoms with E-state index in [0.29, 0.717) is 39.0 Å². The lowest BCUT2D eigenvalue weighted by molar-refractivity contribution is 0.659. The molecule has 4 heterocycles. The van der Waals surface area contributed by atoms with Crippen molar-refractivity contribution < 1.29 is 0 Å². The van der Waals surface area contributed by atoms with Crippen LogP contribution >= 0.6 is 23.1 Å². The van der Waals surface area contributed by atoms with Gasteiger partial charge in [0.1, 0.15) is 10.3 Å². The summed E-state index contributed by atoms with van der Waals surface area (Å²) >= 11 is 2.82. The SMILES string of the molecule is Cc1ccc(Cn2c(SCc3cc(=O)n4ccccc4n3)nc3ccsc3c2=O)cc1. The Morgan fingerprint density at radius 3 is 2.71 bits per heavy atom. The fourth-order valence-electron chi connectivity index (χ4n) is 3.36. The molecule has 5 aromatic rings. The minimum absolute atomic E-state index is 0.0467. The molecule has 0 saturated heterocycles. The first-order valence-electron chi connectivity index (χ1n) is 9.72. The van der Waals surface area contributed by atoms with E-state index >= 15 is 0 Å². The molecule has 0 aliphatic rings. The molecule has 0 aliphatic carbocycles. The van der Waals surface area contributed by atoms with Crippen LogP contribution in [-0.4, -0.2) is 18.9 Å². The molecule has 5 rings (SSSR count). The van der Waals surface area contributed by atoms with Crippen LogP contribution in [0.3, 0.4) is 0 Å². The summed E-state index contributed by atoms with van der Waals surface area (Å²) in [4.78, 5) is 34.9. The Balaban J connectivity index is 1.52. The highest BCUT2D eigenvalue weighted by Gasteiger charge is 2.14. The Hall–Kier alpha value is -3.23. The van der Waals surface area contributed by atoms with Gasteiger partial charge in [-0.1, -0.05) is 47.7 Å². The van der Waals surface area contributed by atoms with Crippen molar-refractivity contribution in [3.8, 4) is 0 Å². The molecule has 6 nitrogen and oxygen atoms in total. The third-order valence-corrected chi connectivity index (χ3v) is 6.87. The van der Waals surface area contributed by atoms with E-state index in [4.69, 9.17) is 4.98 Å². The van der Waals surface area contributed by atoms with Gasteiger partial charge in [0.25, 0.3) is 11.1 Å². The van der Waals surface area contributed by atoms with Crippen LogP contribution in [0.2, 0.25) is 0 Å². The molecule has 0 atom stereocenters. The normalized spacial score (nSPS) is 11.4. The summed E-state index contributed by atoms with van der Waals surface area (Å²) < 4.78 is 3.87. The zero-order chi connectivity index (χ0) is 21.4. The van der Waals surface area contributed by atoms with E-state index in [2.05, 4.69) is 4.98 Å². The van der Waals surface area contributed by atoms with Crippen LogP contribution in [0, 0.1) is 6.92 Å². The predicted molar refractivity (Wildman–Crippen MR) is 125 cm³/mol. The highest BCUT2D eigenvalue weighted by atomic mass is 32.2. The zero-order valence-corrected chi connectivity index (χ0v) is 18.3. The maximum absolute atomic E-state index is 13.2. The number of thioether (sulfide) groups is 1. The Labute approximate surface area is 185 Å². The van der Waals surface area contributed by atoms with Gasteiger partial charge in [-0.05, 0) is 36.1 Å². The van der Waals surface area contributed by atoms with E-state index in [1.807, 2.05) is 48.7 Å². The number of thiophene rings is 1. The molecule has 4 aromatic heterocycles. The van der Waals surface area contributed by atoms with Crippen LogP contribution in [0.25, 0.3) is 15.9 Å². The van der Waals surface area contributed by atoms with Gasteiger partial charge in [0.15, 0.2) is 5.16 Å². The highest BCUT2D eigenvalue weighted by molar-refractivity contribution is 7.98. The molecular weight excluding hydrogens is 428 g/mol. The molecule has 31 heavy (non-hydrogen) atoms. The summed E-state index contributed by atoms with van der Waals surface area (Å²) in [6.07, 6.45) is 1.70. The van der Waals surface area contributed by atoms with E-state index in [0.717, 1.165) is 5.56 Å². The van der Waals surface area contributed by atoms with Gasteiger partial charge in [0.05, 0.1) is 17.8 Å². The van der Waals surface area contributed by atoms with Gasteiger partial charge < -0.3 is 0 Å². The lowest BCUT2D eigenvalue weighted by atomic mass is 10.1. The van der Waals surface area contributed by atoms with Gasteiger partial charge in [-0.15, -0.1) is 11.3 Å². The number of hydrogen-bond donors (Lipinski definition) is 0. The van der Waals surface area contributed by atoms with Crippen molar-refractivity contribution in [1.29, 1.82) is 0 Å². The Morgan fingerprint density at radius 2 is 1.87 bits per heavy atom.